The molecule has 32 heavy (non-hydrogen) atoms. The highest BCUT2D eigenvalue weighted by Crippen LogP contribution is 2.26. The lowest BCUT2D eigenvalue weighted by molar-refractivity contribution is -0.131. The van der Waals surface area contributed by atoms with Crippen LogP contribution in [0.1, 0.15) is 23.2 Å². The number of piperazine rings is 1. The van der Waals surface area contributed by atoms with Crippen molar-refractivity contribution in [2.45, 2.75) is 12.8 Å². The van der Waals surface area contributed by atoms with Gasteiger partial charge in [-0.25, -0.2) is 4.98 Å². The zero-order valence-corrected chi connectivity index (χ0v) is 18.2. The Labute approximate surface area is 188 Å². The molecule has 0 bridgehead atoms. The summed E-state index contributed by atoms with van der Waals surface area (Å²) in [6.45, 7) is 4.93. The number of pyridine rings is 1. The molecule has 2 aliphatic heterocycles. The second-order valence-electron chi connectivity index (χ2n) is 8.59. The van der Waals surface area contributed by atoms with Gasteiger partial charge in [-0.15, -0.1) is 0 Å². The van der Waals surface area contributed by atoms with E-state index in [0.29, 0.717) is 25.2 Å². The van der Waals surface area contributed by atoms with Gasteiger partial charge in [-0.1, -0.05) is 48.5 Å². The minimum absolute atomic E-state index is 0.0336. The monoisotopic (exact) mass is 428 g/mol. The molecule has 2 aromatic carbocycles. The molecular weight excluding hydrogens is 400 g/mol. The van der Waals surface area contributed by atoms with E-state index >= 15 is 0 Å². The molecule has 5 rings (SSSR count). The van der Waals surface area contributed by atoms with Crippen LogP contribution in [0.15, 0.2) is 60.7 Å². The Morgan fingerprint density at radius 3 is 2.22 bits per heavy atom. The number of fused-ring (bicyclic) bond motifs is 1. The fourth-order valence-electron chi connectivity index (χ4n) is 4.65. The molecule has 164 valence electrons. The van der Waals surface area contributed by atoms with Crippen molar-refractivity contribution in [3.8, 4) is 11.3 Å². The first-order valence-corrected chi connectivity index (χ1v) is 11.4. The van der Waals surface area contributed by atoms with Gasteiger partial charge < -0.3 is 9.80 Å². The third-order valence-electron chi connectivity index (χ3n) is 6.49. The summed E-state index contributed by atoms with van der Waals surface area (Å²) in [5.74, 6) is 0.251. The molecule has 2 aliphatic rings. The molecule has 3 heterocycles. The van der Waals surface area contributed by atoms with Crippen molar-refractivity contribution in [3.63, 3.8) is 0 Å². The third-order valence-corrected chi connectivity index (χ3v) is 6.49. The Bertz CT molecular complexity index is 1120. The molecule has 1 aromatic heterocycles. The van der Waals surface area contributed by atoms with Crippen LogP contribution >= 0.6 is 0 Å². The number of carbonyl (C=O) groups excluding carboxylic acids is 2. The number of hydrogen-bond donors (Lipinski definition) is 0. The quantitative estimate of drug-likeness (QED) is 0.640. The standard InChI is InChI=1S/C26H28N4O2/c31-25(29-12-6-7-13-29)19-28-14-16-30(17-15-28)26(32)22-18-24(20-8-2-1-3-9-20)27-23-11-5-4-10-21(22)23/h1-5,8-11,18H,6-7,12-17,19H2. The van der Waals surface area contributed by atoms with Gasteiger partial charge in [-0.3, -0.25) is 14.5 Å². The van der Waals surface area contributed by atoms with Gasteiger partial charge in [0, 0.05) is 50.2 Å². The third kappa shape index (κ3) is 4.23. The van der Waals surface area contributed by atoms with E-state index in [-0.39, 0.29) is 11.8 Å². The highest BCUT2D eigenvalue weighted by molar-refractivity contribution is 6.07. The molecule has 0 N–H and O–H groups in total. The van der Waals surface area contributed by atoms with Crippen molar-refractivity contribution in [2.24, 2.45) is 0 Å². The highest BCUT2D eigenvalue weighted by atomic mass is 16.2. The summed E-state index contributed by atoms with van der Waals surface area (Å²) in [6.07, 6.45) is 2.22. The topological polar surface area (TPSA) is 56.8 Å². The van der Waals surface area contributed by atoms with Crippen molar-refractivity contribution in [1.82, 2.24) is 19.7 Å². The summed E-state index contributed by atoms with van der Waals surface area (Å²) < 4.78 is 0. The average Bonchev–Trinajstić information content (AvgIpc) is 3.39. The number of hydrogen-bond acceptors (Lipinski definition) is 4. The first-order chi connectivity index (χ1) is 15.7. The second-order valence-corrected chi connectivity index (χ2v) is 8.59. The van der Waals surface area contributed by atoms with Gasteiger partial charge >= 0.3 is 0 Å². The molecule has 2 amide bonds. The second kappa shape index (κ2) is 9.09. The van der Waals surface area contributed by atoms with Crippen molar-refractivity contribution in [2.75, 3.05) is 45.8 Å². The van der Waals surface area contributed by atoms with Crippen LogP contribution in [0, 0.1) is 0 Å². The predicted octanol–water partition coefficient (Wildman–Crippen LogP) is 3.28. The minimum atomic E-state index is 0.0336. The van der Waals surface area contributed by atoms with Crippen LogP contribution in [0.2, 0.25) is 0 Å². The SMILES string of the molecule is O=C(CN1CCN(C(=O)c2cc(-c3ccccc3)nc3ccccc23)CC1)N1CCCC1. The van der Waals surface area contributed by atoms with Gasteiger partial charge in [-0.05, 0) is 25.0 Å². The first kappa shape index (κ1) is 20.6. The minimum Gasteiger partial charge on any atom is -0.342 e. The van der Waals surface area contributed by atoms with Gasteiger partial charge in [0.2, 0.25) is 5.91 Å². The molecule has 0 spiro atoms. The maximum absolute atomic E-state index is 13.5. The van der Waals surface area contributed by atoms with E-state index in [1.807, 2.05) is 70.5 Å². The highest BCUT2D eigenvalue weighted by Gasteiger charge is 2.27. The molecule has 0 radical (unpaired) electrons. The lowest BCUT2D eigenvalue weighted by Crippen LogP contribution is -2.51. The zero-order chi connectivity index (χ0) is 21.9. The molecule has 0 atom stereocenters. The lowest BCUT2D eigenvalue weighted by Gasteiger charge is -2.35. The molecule has 0 unspecified atom stereocenters. The number of likely N-dealkylation sites (tertiary alicyclic amines) is 1. The molecule has 2 saturated heterocycles. The van der Waals surface area contributed by atoms with Crippen molar-refractivity contribution in [3.05, 3.63) is 66.2 Å². The van der Waals surface area contributed by atoms with E-state index in [1.54, 1.807) is 0 Å². The Morgan fingerprint density at radius 2 is 1.47 bits per heavy atom. The van der Waals surface area contributed by atoms with Gasteiger partial charge in [0.1, 0.15) is 0 Å². The number of nitrogens with zero attached hydrogens (tertiary/aromatic N) is 4. The smallest absolute Gasteiger partial charge is 0.254 e. The van der Waals surface area contributed by atoms with Crippen LogP contribution in [-0.4, -0.2) is 77.3 Å². The summed E-state index contributed by atoms with van der Waals surface area (Å²) >= 11 is 0. The molecule has 0 aliphatic carbocycles. The van der Waals surface area contributed by atoms with E-state index in [1.165, 1.54) is 0 Å². The van der Waals surface area contributed by atoms with Crippen molar-refractivity contribution >= 4 is 22.7 Å². The van der Waals surface area contributed by atoms with Crippen LogP contribution in [0.5, 0.6) is 0 Å². The summed E-state index contributed by atoms with van der Waals surface area (Å²) in [4.78, 5) is 36.8. The average molecular weight is 429 g/mol. The van der Waals surface area contributed by atoms with E-state index in [9.17, 15) is 9.59 Å². The maximum Gasteiger partial charge on any atom is 0.254 e. The van der Waals surface area contributed by atoms with Crippen LogP contribution in [0.4, 0.5) is 0 Å². The van der Waals surface area contributed by atoms with Gasteiger partial charge in [0.05, 0.1) is 23.3 Å². The maximum atomic E-state index is 13.5. The van der Waals surface area contributed by atoms with Gasteiger partial charge in [0.15, 0.2) is 0 Å². The number of amides is 2. The molecule has 6 heteroatoms. The first-order valence-electron chi connectivity index (χ1n) is 11.4. The summed E-state index contributed by atoms with van der Waals surface area (Å²) in [6, 6.07) is 19.7. The summed E-state index contributed by atoms with van der Waals surface area (Å²) in [5, 5.41) is 0.879. The van der Waals surface area contributed by atoms with Crippen LogP contribution in [0.25, 0.3) is 22.2 Å². The number of aromatic nitrogens is 1. The largest absolute Gasteiger partial charge is 0.342 e. The van der Waals surface area contributed by atoms with Crippen LogP contribution in [0.3, 0.4) is 0 Å². The fourth-order valence-corrected chi connectivity index (χ4v) is 4.65. The van der Waals surface area contributed by atoms with E-state index in [2.05, 4.69) is 4.90 Å². The number of benzene rings is 2. The fraction of sp³-hybridized carbons (Fsp3) is 0.346. The van der Waals surface area contributed by atoms with Gasteiger partial charge in [0.25, 0.3) is 5.91 Å². The summed E-state index contributed by atoms with van der Waals surface area (Å²) in [5.41, 5.74) is 3.32. The van der Waals surface area contributed by atoms with Crippen LogP contribution < -0.4 is 0 Å². The van der Waals surface area contributed by atoms with Gasteiger partial charge in [-0.2, -0.15) is 0 Å². The summed E-state index contributed by atoms with van der Waals surface area (Å²) in [7, 11) is 0. The van der Waals surface area contributed by atoms with E-state index < -0.39 is 0 Å². The lowest BCUT2D eigenvalue weighted by atomic mass is 10.0. The predicted molar refractivity (Wildman–Crippen MR) is 125 cm³/mol. The molecule has 6 nitrogen and oxygen atoms in total. The Hall–Kier alpha value is -3.25. The molecule has 3 aromatic rings. The number of carbonyl (C=O) groups is 2. The van der Waals surface area contributed by atoms with Crippen molar-refractivity contribution < 1.29 is 9.59 Å². The van der Waals surface area contributed by atoms with E-state index in [4.69, 9.17) is 4.98 Å². The Kier molecular flexibility index (Phi) is 5.86. The zero-order valence-electron chi connectivity index (χ0n) is 18.2. The normalized spacial score (nSPS) is 17.1. The number of rotatable bonds is 4. The molecular formula is C26H28N4O2. The van der Waals surface area contributed by atoms with E-state index in [0.717, 1.165) is 61.2 Å². The number of para-hydroxylation sites is 1. The molecule has 0 saturated carbocycles. The van der Waals surface area contributed by atoms with Crippen molar-refractivity contribution in [1.29, 1.82) is 0 Å². The Morgan fingerprint density at radius 1 is 0.781 bits per heavy atom. The Balaban J connectivity index is 1.33. The van der Waals surface area contributed by atoms with Crippen LogP contribution in [-0.2, 0) is 4.79 Å². The molecule has 2 fully saturated rings.